The molecule has 7 heteroatoms. The summed E-state index contributed by atoms with van der Waals surface area (Å²) in [5.41, 5.74) is 5.66. The van der Waals surface area contributed by atoms with Crippen molar-refractivity contribution in [1.29, 1.82) is 0 Å². The summed E-state index contributed by atoms with van der Waals surface area (Å²) in [7, 11) is 0. The summed E-state index contributed by atoms with van der Waals surface area (Å²) in [6.07, 6.45) is 0.0677. The van der Waals surface area contributed by atoms with Crippen LogP contribution in [0.15, 0.2) is 72.8 Å². The lowest BCUT2D eigenvalue weighted by atomic mass is 9.98. The highest BCUT2D eigenvalue weighted by Gasteiger charge is 2.29. The molecule has 180 valence electrons. The Labute approximate surface area is 204 Å². The molecule has 2 amide bonds. The molecule has 0 fully saturated rings. The van der Waals surface area contributed by atoms with E-state index in [0.717, 1.165) is 27.8 Å². The first kappa shape index (κ1) is 24.0. The Morgan fingerprint density at radius 3 is 2.26 bits per heavy atom. The van der Waals surface area contributed by atoms with E-state index in [4.69, 9.17) is 9.84 Å². The second-order valence-electron chi connectivity index (χ2n) is 8.68. The monoisotopic (exact) mass is 472 g/mol. The molecule has 3 N–H and O–H groups in total. The topological polar surface area (TPSA) is 105 Å². The van der Waals surface area contributed by atoms with Crippen LogP contribution in [0.3, 0.4) is 0 Å². The molecule has 0 spiro atoms. The van der Waals surface area contributed by atoms with Crippen molar-refractivity contribution in [2.24, 2.45) is 0 Å². The largest absolute Gasteiger partial charge is 0.478 e. The second kappa shape index (κ2) is 10.9. The van der Waals surface area contributed by atoms with E-state index >= 15 is 0 Å². The molecule has 0 bridgehead atoms. The number of hydrogen-bond acceptors (Lipinski definition) is 4. The van der Waals surface area contributed by atoms with Gasteiger partial charge in [-0.3, -0.25) is 4.79 Å². The number of carboxylic acids is 1. The van der Waals surface area contributed by atoms with Gasteiger partial charge < -0.3 is 20.5 Å². The molecule has 7 nitrogen and oxygen atoms in total. The average molecular weight is 473 g/mol. The summed E-state index contributed by atoms with van der Waals surface area (Å²) in [4.78, 5) is 35.7. The van der Waals surface area contributed by atoms with Gasteiger partial charge in [-0.2, -0.15) is 0 Å². The number of rotatable bonds is 9. The number of ether oxygens (including phenoxy) is 1. The van der Waals surface area contributed by atoms with Gasteiger partial charge in [-0.05, 0) is 53.3 Å². The highest BCUT2D eigenvalue weighted by atomic mass is 16.5. The minimum atomic E-state index is -0.982. The highest BCUT2D eigenvalue weighted by molar-refractivity contribution is 5.87. The zero-order chi connectivity index (χ0) is 24.8. The molecule has 1 aliphatic rings. The van der Waals surface area contributed by atoms with E-state index in [1.165, 1.54) is 6.07 Å². The van der Waals surface area contributed by atoms with E-state index in [-0.39, 0.29) is 30.4 Å². The number of benzene rings is 3. The molecule has 1 aliphatic carbocycles. The summed E-state index contributed by atoms with van der Waals surface area (Å²) >= 11 is 0. The predicted octanol–water partition coefficient (Wildman–Crippen LogP) is 4.36. The van der Waals surface area contributed by atoms with Gasteiger partial charge in [0.1, 0.15) is 6.61 Å². The summed E-state index contributed by atoms with van der Waals surface area (Å²) in [5.74, 6) is -1.21. The molecule has 3 aromatic carbocycles. The fourth-order valence-electron chi connectivity index (χ4n) is 4.45. The number of aromatic carboxylic acids is 1. The van der Waals surface area contributed by atoms with Crippen molar-refractivity contribution in [2.45, 2.75) is 31.7 Å². The minimum absolute atomic E-state index is 0.0219. The number of fused-ring (bicyclic) bond motifs is 3. The Balaban J connectivity index is 1.22. The lowest BCUT2D eigenvalue weighted by Crippen LogP contribution is -2.38. The number of carbonyl (C=O) groups excluding carboxylic acids is 2. The van der Waals surface area contributed by atoms with Crippen LogP contribution in [0.2, 0.25) is 0 Å². The summed E-state index contributed by atoms with van der Waals surface area (Å²) in [6, 6.07) is 22.5. The van der Waals surface area contributed by atoms with Crippen LogP contribution >= 0.6 is 0 Å². The van der Waals surface area contributed by atoms with Gasteiger partial charge in [0.25, 0.3) is 0 Å². The SMILES string of the molecule is C[C@H](CC(=O)NCCc1cccc(C(=O)O)c1)NC(=O)OCC1c2ccccc2-c2ccccc21. The highest BCUT2D eigenvalue weighted by Crippen LogP contribution is 2.44. The quantitative estimate of drug-likeness (QED) is 0.429. The van der Waals surface area contributed by atoms with Gasteiger partial charge >= 0.3 is 12.1 Å². The first-order chi connectivity index (χ1) is 16.9. The van der Waals surface area contributed by atoms with E-state index in [0.29, 0.717) is 13.0 Å². The number of nitrogens with one attached hydrogen (secondary N) is 2. The second-order valence-corrected chi connectivity index (χ2v) is 8.68. The average Bonchev–Trinajstić information content (AvgIpc) is 3.16. The van der Waals surface area contributed by atoms with Crippen molar-refractivity contribution in [2.75, 3.05) is 13.2 Å². The van der Waals surface area contributed by atoms with Gasteiger partial charge in [-0.1, -0.05) is 60.7 Å². The molecule has 0 saturated heterocycles. The zero-order valence-electron chi connectivity index (χ0n) is 19.5. The predicted molar refractivity (Wildman–Crippen MR) is 132 cm³/mol. The van der Waals surface area contributed by atoms with Crippen LogP contribution in [0.4, 0.5) is 4.79 Å². The normalized spacial score (nSPS) is 12.8. The molecule has 3 aromatic rings. The van der Waals surface area contributed by atoms with Crippen molar-refractivity contribution in [3.8, 4) is 11.1 Å². The number of carbonyl (C=O) groups is 3. The fourth-order valence-corrected chi connectivity index (χ4v) is 4.45. The number of alkyl carbamates (subject to hydrolysis) is 1. The van der Waals surface area contributed by atoms with Crippen molar-refractivity contribution < 1.29 is 24.2 Å². The van der Waals surface area contributed by atoms with Crippen molar-refractivity contribution in [3.63, 3.8) is 0 Å². The van der Waals surface area contributed by atoms with Crippen molar-refractivity contribution in [3.05, 3.63) is 95.1 Å². The molecule has 0 aliphatic heterocycles. The van der Waals surface area contributed by atoms with E-state index in [1.807, 2.05) is 30.3 Å². The smallest absolute Gasteiger partial charge is 0.407 e. The van der Waals surface area contributed by atoms with Crippen LogP contribution < -0.4 is 10.6 Å². The van der Waals surface area contributed by atoms with E-state index in [9.17, 15) is 14.4 Å². The van der Waals surface area contributed by atoms with Crippen LogP contribution in [-0.4, -0.2) is 42.3 Å². The first-order valence-electron chi connectivity index (χ1n) is 11.6. The van der Waals surface area contributed by atoms with Crippen LogP contribution in [0.25, 0.3) is 11.1 Å². The molecular weight excluding hydrogens is 444 g/mol. The molecule has 4 rings (SSSR count). The molecule has 0 saturated carbocycles. The summed E-state index contributed by atoms with van der Waals surface area (Å²) < 4.78 is 5.53. The fraction of sp³-hybridized carbons (Fsp3) is 0.250. The lowest BCUT2D eigenvalue weighted by molar-refractivity contribution is -0.121. The van der Waals surface area contributed by atoms with E-state index in [2.05, 4.69) is 34.9 Å². The Morgan fingerprint density at radius 2 is 1.60 bits per heavy atom. The van der Waals surface area contributed by atoms with Crippen LogP contribution in [-0.2, 0) is 16.0 Å². The maximum atomic E-state index is 12.4. The molecule has 1 atom stereocenters. The van der Waals surface area contributed by atoms with Gasteiger partial charge in [0.05, 0.1) is 5.56 Å². The maximum Gasteiger partial charge on any atom is 0.407 e. The van der Waals surface area contributed by atoms with Gasteiger partial charge in [0, 0.05) is 24.9 Å². The Hall–Kier alpha value is -4.13. The third-order valence-corrected chi connectivity index (χ3v) is 6.11. The third kappa shape index (κ3) is 5.87. The third-order valence-electron chi connectivity index (χ3n) is 6.11. The number of hydrogen-bond donors (Lipinski definition) is 3. The Kier molecular flexibility index (Phi) is 7.45. The van der Waals surface area contributed by atoms with Crippen LogP contribution in [0.1, 0.15) is 46.3 Å². The molecular formula is C28H28N2O5. The van der Waals surface area contributed by atoms with Gasteiger partial charge in [0.15, 0.2) is 0 Å². The molecule has 0 radical (unpaired) electrons. The number of amides is 2. The van der Waals surface area contributed by atoms with Crippen LogP contribution in [0, 0.1) is 0 Å². The standard InChI is InChI=1S/C28H28N2O5/c1-18(15-26(31)29-14-13-19-7-6-8-20(16-19)27(32)33)30-28(34)35-17-25-23-11-4-2-9-21(23)22-10-3-5-12-24(22)25/h2-12,16,18,25H,13-15,17H2,1H3,(H,29,31)(H,30,34)(H,32,33)/t18-/m1/s1. The van der Waals surface area contributed by atoms with E-state index < -0.39 is 18.1 Å². The minimum Gasteiger partial charge on any atom is -0.478 e. The van der Waals surface area contributed by atoms with Gasteiger partial charge in [-0.25, -0.2) is 9.59 Å². The van der Waals surface area contributed by atoms with Crippen LogP contribution in [0.5, 0.6) is 0 Å². The molecule has 0 heterocycles. The molecule has 35 heavy (non-hydrogen) atoms. The first-order valence-corrected chi connectivity index (χ1v) is 11.6. The Morgan fingerprint density at radius 1 is 0.943 bits per heavy atom. The lowest BCUT2D eigenvalue weighted by Gasteiger charge is -2.17. The zero-order valence-corrected chi connectivity index (χ0v) is 19.5. The summed E-state index contributed by atoms with van der Waals surface area (Å²) in [5, 5.41) is 14.6. The van der Waals surface area contributed by atoms with E-state index in [1.54, 1.807) is 19.1 Å². The van der Waals surface area contributed by atoms with Crippen molar-refractivity contribution >= 4 is 18.0 Å². The number of carboxylic acid groups (broad SMARTS) is 1. The van der Waals surface area contributed by atoms with Crippen molar-refractivity contribution in [1.82, 2.24) is 10.6 Å². The maximum absolute atomic E-state index is 12.4. The Bertz CT molecular complexity index is 1190. The van der Waals surface area contributed by atoms with Gasteiger partial charge in [-0.15, -0.1) is 0 Å². The van der Waals surface area contributed by atoms with Gasteiger partial charge in [0.2, 0.25) is 5.91 Å². The molecule has 0 aromatic heterocycles. The summed E-state index contributed by atoms with van der Waals surface area (Å²) in [6.45, 7) is 2.34. The molecule has 0 unspecified atom stereocenters.